The molecule has 3 nitrogen and oxygen atoms in total. The average molecular weight is 200 g/mol. The summed E-state index contributed by atoms with van der Waals surface area (Å²) in [7, 11) is 0.824. The molecule has 0 aromatic carbocycles. The molecule has 0 rings (SSSR count). The van der Waals surface area contributed by atoms with Crippen LogP contribution in [0.5, 0.6) is 0 Å². The van der Waals surface area contributed by atoms with Crippen molar-refractivity contribution in [3.05, 3.63) is 0 Å². The van der Waals surface area contributed by atoms with Crippen molar-refractivity contribution in [2.45, 2.75) is 25.6 Å². The molecule has 13 heavy (non-hydrogen) atoms. The summed E-state index contributed by atoms with van der Waals surface area (Å²) in [5.74, 6) is -1.64. The summed E-state index contributed by atoms with van der Waals surface area (Å²) in [6.45, 7) is 1.27. The summed E-state index contributed by atoms with van der Waals surface area (Å²) in [4.78, 5) is 10.4. The maximum absolute atomic E-state index is 12.5. The number of hydrogen-bond donors (Lipinski definition) is 0. The molecular weight excluding hydrogens is 189 g/mol. The molecule has 1 atom stereocenters. The third-order valence-electron chi connectivity index (χ3n) is 1.20. The fraction of sp³-hybridized carbons (Fsp3) is 0.857. The molecule has 0 bridgehead atoms. The summed E-state index contributed by atoms with van der Waals surface area (Å²) in [6, 6.07) is 0. The monoisotopic (exact) mass is 200 g/mol. The molecule has 0 aromatic heterocycles. The number of methoxy groups -OCH3 is 1. The Hall–Kier alpha value is -0.780. The first-order valence-corrected chi connectivity index (χ1v) is 3.69. The Bertz CT molecular complexity index is 172. The van der Waals surface area contributed by atoms with Crippen molar-refractivity contribution >= 4 is 5.97 Å². The molecule has 6 heteroatoms. The molecule has 0 amide bonds. The molecule has 0 saturated carbocycles. The molecule has 0 aromatic rings. The van der Waals surface area contributed by atoms with E-state index < -0.39 is 18.2 Å². The van der Waals surface area contributed by atoms with Crippen molar-refractivity contribution in [3.63, 3.8) is 0 Å². The van der Waals surface area contributed by atoms with Gasteiger partial charge in [0.25, 0.3) is 6.17 Å². The Kier molecular flexibility index (Phi) is 4.76. The summed E-state index contributed by atoms with van der Waals surface area (Å²) in [5, 5.41) is 0. The Morgan fingerprint density at radius 2 is 2.08 bits per heavy atom. The van der Waals surface area contributed by atoms with Crippen LogP contribution in [0.2, 0.25) is 0 Å². The van der Waals surface area contributed by atoms with E-state index in [1.54, 1.807) is 6.92 Å². The van der Waals surface area contributed by atoms with Crippen LogP contribution in [0.25, 0.3) is 0 Å². The molecule has 0 spiro atoms. The van der Waals surface area contributed by atoms with Gasteiger partial charge in [-0.25, -0.2) is 9.18 Å². The molecule has 0 radical (unpaired) electrons. The molecule has 0 aliphatic carbocycles. The standard InChI is InChI=1S/C7H11F3O3/c1-3-4-13-7(9,10)5(8)6(11)12-2/h5H,3-4H2,1-2H3/t5-/m0/s1. The van der Waals surface area contributed by atoms with E-state index in [4.69, 9.17) is 0 Å². The lowest BCUT2D eigenvalue weighted by atomic mass is 10.3. The van der Waals surface area contributed by atoms with E-state index in [1.807, 2.05) is 0 Å². The predicted molar refractivity (Wildman–Crippen MR) is 38.1 cm³/mol. The maximum atomic E-state index is 12.5. The minimum Gasteiger partial charge on any atom is -0.467 e. The molecule has 0 fully saturated rings. The van der Waals surface area contributed by atoms with Crippen LogP contribution in [0, 0.1) is 0 Å². The Labute approximate surface area is 73.8 Å². The van der Waals surface area contributed by atoms with Crippen molar-refractivity contribution in [2.75, 3.05) is 13.7 Å². The summed E-state index contributed by atoms with van der Waals surface area (Å²) in [5.41, 5.74) is 0. The first kappa shape index (κ1) is 12.2. The Balaban J connectivity index is 4.17. The van der Waals surface area contributed by atoms with Crippen molar-refractivity contribution in [1.82, 2.24) is 0 Å². The van der Waals surface area contributed by atoms with Gasteiger partial charge in [-0.1, -0.05) is 6.92 Å². The van der Waals surface area contributed by atoms with Crippen LogP contribution in [-0.4, -0.2) is 32.0 Å². The van der Waals surface area contributed by atoms with Gasteiger partial charge in [-0.05, 0) is 6.42 Å². The smallest absolute Gasteiger partial charge is 0.397 e. The number of alkyl halides is 3. The first-order chi connectivity index (χ1) is 5.95. The summed E-state index contributed by atoms with van der Waals surface area (Å²) < 4.78 is 45.3. The predicted octanol–water partition coefficient (Wildman–Crippen LogP) is 1.52. The molecule has 0 N–H and O–H groups in total. The number of esters is 1. The van der Waals surface area contributed by atoms with Gasteiger partial charge in [0, 0.05) is 0 Å². The second-order valence-electron chi connectivity index (χ2n) is 2.30. The summed E-state index contributed by atoms with van der Waals surface area (Å²) in [6.07, 6.45) is -6.86. The lowest BCUT2D eigenvalue weighted by Gasteiger charge is -2.18. The number of rotatable bonds is 5. The highest BCUT2D eigenvalue weighted by Crippen LogP contribution is 2.24. The fourth-order valence-corrected chi connectivity index (χ4v) is 0.552. The van der Waals surface area contributed by atoms with E-state index in [9.17, 15) is 18.0 Å². The molecule has 0 aliphatic rings. The highest BCUT2D eigenvalue weighted by Gasteiger charge is 2.47. The average Bonchev–Trinajstić information content (AvgIpc) is 2.12. The van der Waals surface area contributed by atoms with E-state index >= 15 is 0 Å². The quantitative estimate of drug-likeness (QED) is 0.631. The van der Waals surface area contributed by atoms with E-state index in [0.29, 0.717) is 6.42 Å². The zero-order valence-electron chi connectivity index (χ0n) is 7.35. The van der Waals surface area contributed by atoms with Crippen molar-refractivity contribution in [3.8, 4) is 0 Å². The van der Waals surface area contributed by atoms with Crippen LogP contribution >= 0.6 is 0 Å². The zero-order valence-corrected chi connectivity index (χ0v) is 7.35. The third kappa shape index (κ3) is 3.63. The van der Waals surface area contributed by atoms with Crippen molar-refractivity contribution < 1.29 is 27.4 Å². The number of carbonyl (C=O) groups is 1. The van der Waals surface area contributed by atoms with Gasteiger partial charge < -0.3 is 9.47 Å². The Morgan fingerprint density at radius 1 is 1.54 bits per heavy atom. The van der Waals surface area contributed by atoms with Crippen molar-refractivity contribution in [2.24, 2.45) is 0 Å². The second kappa shape index (κ2) is 5.06. The van der Waals surface area contributed by atoms with Gasteiger partial charge in [-0.15, -0.1) is 0 Å². The fourth-order valence-electron chi connectivity index (χ4n) is 0.552. The number of carbonyl (C=O) groups excluding carboxylic acids is 1. The highest BCUT2D eigenvalue weighted by atomic mass is 19.3. The van der Waals surface area contributed by atoms with Crippen LogP contribution < -0.4 is 0 Å². The van der Waals surface area contributed by atoms with Gasteiger partial charge in [0.2, 0.25) is 0 Å². The lowest BCUT2D eigenvalue weighted by molar-refractivity contribution is -0.272. The molecule has 0 heterocycles. The SMILES string of the molecule is CCCOC(F)(F)[C@@H](F)C(=O)OC. The van der Waals surface area contributed by atoms with Crippen LogP contribution in [-0.2, 0) is 14.3 Å². The van der Waals surface area contributed by atoms with E-state index in [0.717, 1.165) is 7.11 Å². The third-order valence-corrected chi connectivity index (χ3v) is 1.20. The van der Waals surface area contributed by atoms with Gasteiger partial charge in [0.05, 0.1) is 13.7 Å². The molecule has 78 valence electrons. The molecule has 0 saturated heterocycles. The largest absolute Gasteiger partial charge is 0.467 e. The number of hydrogen-bond acceptors (Lipinski definition) is 3. The molecule has 0 aliphatic heterocycles. The normalized spacial score (nSPS) is 13.9. The van der Waals surface area contributed by atoms with E-state index in [1.165, 1.54) is 0 Å². The van der Waals surface area contributed by atoms with Gasteiger partial charge in [0.1, 0.15) is 0 Å². The minimum absolute atomic E-state index is 0.309. The first-order valence-electron chi connectivity index (χ1n) is 3.69. The van der Waals surface area contributed by atoms with Gasteiger partial charge in [0.15, 0.2) is 0 Å². The Morgan fingerprint density at radius 3 is 2.46 bits per heavy atom. The van der Waals surface area contributed by atoms with Crippen LogP contribution in [0.3, 0.4) is 0 Å². The van der Waals surface area contributed by atoms with Gasteiger partial charge in [-0.2, -0.15) is 8.78 Å². The highest BCUT2D eigenvalue weighted by molar-refractivity contribution is 5.75. The van der Waals surface area contributed by atoms with E-state index in [2.05, 4.69) is 9.47 Å². The van der Waals surface area contributed by atoms with Crippen LogP contribution in [0.15, 0.2) is 0 Å². The second-order valence-corrected chi connectivity index (χ2v) is 2.30. The minimum atomic E-state index is -4.11. The topological polar surface area (TPSA) is 35.5 Å². The lowest BCUT2D eigenvalue weighted by Crippen LogP contribution is -2.39. The maximum Gasteiger partial charge on any atom is 0.397 e. The number of halogens is 3. The molecule has 0 unspecified atom stereocenters. The van der Waals surface area contributed by atoms with Crippen LogP contribution in [0.1, 0.15) is 13.3 Å². The number of ether oxygens (including phenoxy) is 2. The van der Waals surface area contributed by atoms with E-state index in [-0.39, 0.29) is 6.61 Å². The van der Waals surface area contributed by atoms with Gasteiger partial charge in [-0.3, -0.25) is 0 Å². The van der Waals surface area contributed by atoms with Crippen LogP contribution in [0.4, 0.5) is 13.2 Å². The zero-order chi connectivity index (χ0) is 10.5. The summed E-state index contributed by atoms with van der Waals surface area (Å²) >= 11 is 0. The van der Waals surface area contributed by atoms with Crippen molar-refractivity contribution in [1.29, 1.82) is 0 Å². The molecular formula is C7H11F3O3. The van der Waals surface area contributed by atoms with Gasteiger partial charge >= 0.3 is 12.1 Å².